The number of para-hydroxylation sites is 2. The van der Waals surface area contributed by atoms with Gasteiger partial charge in [-0.25, -0.2) is 0 Å². The predicted octanol–water partition coefficient (Wildman–Crippen LogP) is 14.4. The van der Waals surface area contributed by atoms with Crippen LogP contribution >= 0.6 is 0 Å². The molecule has 54 heavy (non-hydrogen) atoms. The molecule has 0 fully saturated rings. The largest absolute Gasteiger partial charge is 0.310 e. The Morgan fingerprint density at radius 3 is 1.59 bits per heavy atom. The third-order valence-corrected chi connectivity index (χ3v) is 10.6. The average Bonchev–Trinajstić information content (AvgIpc) is 3.59. The lowest BCUT2D eigenvalue weighted by Gasteiger charge is -2.29. The molecule has 254 valence electrons. The van der Waals surface area contributed by atoms with Gasteiger partial charge in [-0.2, -0.15) is 0 Å². The van der Waals surface area contributed by atoms with Crippen LogP contribution in [0.2, 0.25) is 0 Å². The Kier molecular flexibility index (Phi) is 7.85. The summed E-state index contributed by atoms with van der Waals surface area (Å²) in [6, 6.07) is 79.0. The van der Waals surface area contributed by atoms with Crippen LogP contribution in [0.15, 0.2) is 218 Å². The summed E-state index contributed by atoms with van der Waals surface area (Å²) < 4.78 is 2.38. The summed E-state index contributed by atoms with van der Waals surface area (Å²) in [5, 5.41) is 4.99. The van der Waals surface area contributed by atoms with E-state index in [9.17, 15) is 0 Å². The van der Waals surface area contributed by atoms with Crippen molar-refractivity contribution in [3.63, 3.8) is 0 Å². The van der Waals surface area contributed by atoms with E-state index < -0.39 is 0 Å². The van der Waals surface area contributed by atoms with Gasteiger partial charge in [-0.1, -0.05) is 158 Å². The fourth-order valence-corrected chi connectivity index (χ4v) is 7.96. The second kappa shape index (κ2) is 13.4. The molecule has 0 atom stereocenters. The first-order chi connectivity index (χ1) is 26.8. The molecule has 0 aliphatic rings. The molecule has 10 aromatic rings. The molecular weight excluding hydrogens is 653 g/mol. The van der Waals surface area contributed by atoms with Crippen LogP contribution in [-0.2, 0) is 0 Å². The quantitative estimate of drug-likeness (QED) is 0.162. The van der Waals surface area contributed by atoms with E-state index in [-0.39, 0.29) is 0 Å². The molecule has 0 amide bonds. The first kappa shape index (κ1) is 31.6. The van der Waals surface area contributed by atoms with Gasteiger partial charge in [-0.05, 0) is 99.3 Å². The Morgan fingerprint density at radius 1 is 0.315 bits per heavy atom. The molecule has 10 rings (SSSR count). The van der Waals surface area contributed by atoms with E-state index in [1.165, 1.54) is 60.4 Å². The molecule has 0 saturated carbocycles. The summed E-state index contributed by atoms with van der Waals surface area (Å²) >= 11 is 0. The zero-order valence-electron chi connectivity index (χ0n) is 29.7. The normalized spacial score (nSPS) is 11.3. The molecule has 0 radical (unpaired) electrons. The zero-order valence-corrected chi connectivity index (χ0v) is 29.7. The van der Waals surface area contributed by atoms with E-state index in [0.717, 1.165) is 28.3 Å². The van der Waals surface area contributed by atoms with Gasteiger partial charge >= 0.3 is 0 Å². The summed E-state index contributed by atoms with van der Waals surface area (Å²) in [5.74, 6) is 0. The molecule has 2 heteroatoms. The molecule has 1 heterocycles. The van der Waals surface area contributed by atoms with Crippen LogP contribution in [0.25, 0.3) is 71.6 Å². The fraction of sp³-hybridized carbons (Fsp3) is 0. The minimum atomic E-state index is 1.08. The van der Waals surface area contributed by atoms with Crippen molar-refractivity contribution in [3.05, 3.63) is 218 Å². The van der Waals surface area contributed by atoms with E-state index in [0.29, 0.717) is 0 Å². The maximum absolute atomic E-state index is 2.43. The van der Waals surface area contributed by atoms with Crippen LogP contribution in [0.4, 0.5) is 17.1 Å². The standard InChI is InChI=1S/C52H36N2/c1-3-14-37(15-4-1)41-20-13-21-46(35-41)53(44-29-31-45(32-30-44)54-50-24-11-9-22-48(50)49-23-10-12-25-51(49)54)52-36-43(28-33-47(52)39-17-5-2-6-18-39)42-27-26-38-16-7-8-19-40(38)34-42/h1-36H. The molecule has 0 bridgehead atoms. The van der Waals surface area contributed by atoms with E-state index in [4.69, 9.17) is 0 Å². The highest BCUT2D eigenvalue weighted by molar-refractivity contribution is 6.09. The van der Waals surface area contributed by atoms with E-state index >= 15 is 0 Å². The molecular formula is C52H36N2. The second-order valence-electron chi connectivity index (χ2n) is 13.8. The van der Waals surface area contributed by atoms with Crippen LogP contribution in [0, 0.1) is 0 Å². The molecule has 0 aliphatic heterocycles. The maximum Gasteiger partial charge on any atom is 0.0546 e. The smallest absolute Gasteiger partial charge is 0.0546 e. The molecule has 0 spiro atoms. The topological polar surface area (TPSA) is 8.17 Å². The Labute approximate surface area is 315 Å². The molecule has 0 unspecified atom stereocenters. The van der Waals surface area contributed by atoms with Gasteiger partial charge in [0.15, 0.2) is 0 Å². The first-order valence-electron chi connectivity index (χ1n) is 18.5. The van der Waals surface area contributed by atoms with Crippen LogP contribution in [0.3, 0.4) is 0 Å². The van der Waals surface area contributed by atoms with Crippen molar-refractivity contribution in [2.75, 3.05) is 4.90 Å². The van der Waals surface area contributed by atoms with Crippen molar-refractivity contribution in [3.8, 4) is 39.1 Å². The number of hydrogen-bond donors (Lipinski definition) is 0. The van der Waals surface area contributed by atoms with Crippen molar-refractivity contribution in [1.82, 2.24) is 4.57 Å². The van der Waals surface area contributed by atoms with Crippen molar-refractivity contribution in [1.29, 1.82) is 0 Å². The SMILES string of the molecule is c1ccc(-c2cccc(N(c3ccc(-n4c5ccccc5c5ccccc54)cc3)c3cc(-c4ccc5ccccc5c4)ccc3-c3ccccc3)c2)cc1. The van der Waals surface area contributed by atoms with Crippen molar-refractivity contribution < 1.29 is 0 Å². The van der Waals surface area contributed by atoms with Gasteiger partial charge in [0, 0.05) is 33.4 Å². The van der Waals surface area contributed by atoms with Gasteiger partial charge in [-0.3, -0.25) is 0 Å². The Balaban J connectivity index is 1.19. The van der Waals surface area contributed by atoms with Gasteiger partial charge in [-0.15, -0.1) is 0 Å². The fourth-order valence-electron chi connectivity index (χ4n) is 7.96. The van der Waals surface area contributed by atoms with Crippen LogP contribution in [-0.4, -0.2) is 4.57 Å². The molecule has 0 aliphatic carbocycles. The number of fused-ring (bicyclic) bond motifs is 4. The highest BCUT2D eigenvalue weighted by Crippen LogP contribution is 2.44. The van der Waals surface area contributed by atoms with E-state index in [2.05, 4.69) is 228 Å². The number of benzene rings is 9. The van der Waals surface area contributed by atoms with Gasteiger partial charge in [0.25, 0.3) is 0 Å². The second-order valence-corrected chi connectivity index (χ2v) is 13.8. The van der Waals surface area contributed by atoms with Crippen LogP contribution in [0.5, 0.6) is 0 Å². The lowest BCUT2D eigenvalue weighted by Crippen LogP contribution is -2.12. The number of hydrogen-bond acceptors (Lipinski definition) is 1. The summed E-state index contributed by atoms with van der Waals surface area (Å²) in [6.07, 6.45) is 0. The maximum atomic E-state index is 2.43. The lowest BCUT2D eigenvalue weighted by atomic mass is 9.95. The molecule has 0 saturated heterocycles. The minimum Gasteiger partial charge on any atom is -0.310 e. The first-order valence-corrected chi connectivity index (χ1v) is 18.5. The molecule has 2 nitrogen and oxygen atoms in total. The number of nitrogens with zero attached hydrogens (tertiary/aromatic N) is 2. The van der Waals surface area contributed by atoms with Gasteiger partial charge < -0.3 is 9.47 Å². The van der Waals surface area contributed by atoms with Crippen molar-refractivity contribution in [2.24, 2.45) is 0 Å². The Hall–Kier alpha value is -7.16. The van der Waals surface area contributed by atoms with Gasteiger partial charge in [0.1, 0.15) is 0 Å². The number of rotatable bonds is 7. The highest BCUT2D eigenvalue weighted by Gasteiger charge is 2.20. The van der Waals surface area contributed by atoms with Crippen LogP contribution < -0.4 is 4.90 Å². The summed E-state index contributed by atoms with van der Waals surface area (Å²) in [7, 11) is 0. The van der Waals surface area contributed by atoms with E-state index in [1.54, 1.807) is 0 Å². The Bertz CT molecular complexity index is 2870. The third kappa shape index (κ3) is 5.62. The molecule has 9 aromatic carbocycles. The molecule has 1 aromatic heterocycles. The van der Waals surface area contributed by atoms with Crippen molar-refractivity contribution in [2.45, 2.75) is 0 Å². The van der Waals surface area contributed by atoms with Gasteiger partial charge in [0.2, 0.25) is 0 Å². The third-order valence-electron chi connectivity index (χ3n) is 10.6. The lowest BCUT2D eigenvalue weighted by molar-refractivity contribution is 1.17. The molecule has 0 N–H and O–H groups in total. The average molecular weight is 689 g/mol. The number of anilines is 3. The van der Waals surface area contributed by atoms with Crippen molar-refractivity contribution >= 4 is 49.6 Å². The minimum absolute atomic E-state index is 1.08. The van der Waals surface area contributed by atoms with Gasteiger partial charge in [0.05, 0.1) is 16.7 Å². The summed E-state index contributed by atoms with van der Waals surface area (Å²) in [4.78, 5) is 2.43. The monoisotopic (exact) mass is 688 g/mol. The predicted molar refractivity (Wildman–Crippen MR) is 229 cm³/mol. The van der Waals surface area contributed by atoms with E-state index in [1.807, 2.05) is 0 Å². The number of aromatic nitrogens is 1. The summed E-state index contributed by atoms with van der Waals surface area (Å²) in [6.45, 7) is 0. The Morgan fingerprint density at radius 2 is 0.870 bits per heavy atom. The summed E-state index contributed by atoms with van der Waals surface area (Å²) in [5.41, 5.74) is 13.9. The van der Waals surface area contributed by atoms with Crippen LogP contribution in [0.1, 0.15) is 0 Å². The zero-order chi connectivity index (χ0) is 35.8. The highest BCUT2D eigenvalue weighted by atomic mass is 15.1.